The first kappa shape index (κ1) is 23.4. The normalized spacial score (nSPS) is 14.4. The van der Waals surface area contributed by atoms with Crippen molar-refractivity contribution < 1.29 is 19.1 Å². The fourth-order valence-electron chi connectivity index (χ4n) is 3.59. The second kappa shape index (κ2) is 10.1. The third-order valence-electron chi connectivity index (χ3n) is 5.30. The standard InChI is InChI=1S/C26H26ClN3O4/c1-26(2,16-28-25(32)33-15-17-8-4-3-5-9-17)30-24(31)23-19-10-6-7-11-21(19)34-22-13-12-18(27)14-20(22)29-23/h3-14,23,29H,15-16H2,1-2H3,(H,28,32)(H,30,31). The monoisotopic (exact) mass is 479 g/mol. The molecule has 3 N–H and O–H groups in total. The van der Waals surface area contributed by atoms with Crippen LogP contribution in [0.25, 0.3) is 0 Å². The van der Waals surface area contributed by atoms with Crippen LogP contribution >= 0.6 is 11.6 Å². The van der Waals surface area contributed by atoms with E-state index < -0.39 is 17.7 Å². The number of alkyl carbamates (subject to hydrolysis) is 1. The molecule has 176 valence electrons. The molecule has 0 saturated heterocycles. The van der Waals surface area contributed by atoms with E-state index >= 15 is 0 Å². The van der Waals surface area contributed by atoms with Crippen molar-refractivity contribution in [3.8, 4) is 11.5 Å². The Morgan fingerprint density at radius 3 is 2.56 bits per heavy atom. The number of halogens is 1. The number of anilines is 1. The number of nitrogens with one attached hydrogen (secondary N) is 3. The van der Waals surface area contributed by atoms with Crippen molar-refractivity contribution in [1.29, 1.82) is 0 Å². The van der Waals surface area contributed by atoms with Gasteiger partial charge in [-0.2, -0.15) is 0 Å². The first-order valence-electron chi connectivity index (χ1n) is 10.9. The Balaban J connectivity index is 1.41. The van der Waals surface area contributed by atoms with Crippen LogP contribution in [0.4, 0.5) is 10.5 Å². The first-order valence-corrected chi connectivity index (χ1v) is 11.3. The van der Waals surface area contributed by atoms with Gasteiger partial charge >= 0.3 is 6.09 Å². The Bertz CT molecular complexity index is 1180. The predicted molar refractivity (Wildman–Crippen MR) is 131 cm³/mol. The van der Waals surface area contributed by atoms with Crippen LogP contribution in [-0.2, 0) is 16.1 Å². The van der Waals surface area contributed by atoms with Gasteiger partial charge < -0.3 is 25.4 Å². The summed E-state index contributed by atoms with van der Waals surface area (Å²) in [7, 11) is 0. The molecule has 3 aromatic rings. The summed E-state index contributed by atoms with van der Waals surface area (Å²) < 4.78 is 11.3. The van der Waals surface area contributed by atoms with Crippen LogP contribution in [0.2, 0.25) is 5.02 Å². The predicted octanol–water partition coefficient (Wildman–Crippen LogP) is 5.42. The van der Waals surface area contributed by atoms with E-state index in [9.17, 15) is 9.59 Å². The third-order valence-corrected chi connectivity index (χ3v) is 5.54. The molecular formula is C26H26ClN3O4. The lowest BCUT2D eigenvalue weighted by molar-refractivity contribution is -0.123. The fourth-order valence-corrected chi connectivity index (χ4v) is 3.76. The van der Waals surface area contributed by atoms with E-state index in [0.717, 1.165) is 5.56 Å². The molecule has 0 aliphatic carbocycles. The summed E-state index contributed by atoms with van der Waals surface area (Å²) in [6.45, 7) is 4.00. The van der Waals surface area contributed by atoms with Crippen molar-refractivity contribution in [3.05, 3.63) is 88.9 Å². The lowest BCUT2D eigenvalue weighted by atomic mass is 10.0. The minimum atomic E-state index is -0.746. The van der Waals surface area contributed by atoms with Gasteiger partial charge in [-0.3, -0.25) is 4.79 Å². The van der Waals surface area contributed by atoms with Gasteiger partial charge in [0.05, 0.1) is 11.2 Å². The van der Waals surface area contributed by atoms with Crippen LogP contribution in [0.5, 0.6) is 11.5 Å². The van der Waals surface area contributed by atoms with Gasteiger partial charge in [0.2, 0.25) is 5.91 Å². The number of carbonyl (C=O) groups is 2. The van der Waals surface area contributed by atoms with E-state index in [1.807, 2.05) is 68.4 Å². The molecule has 8 heteroatoms. The second-order valence-electron chi connectivity index (χ2n) is 8.65. The molecule has 0 aromatic heterocycles. The minimum Gasteiger partial charge on any atom is -0.455 e. The number of amides is 2. The molecule has 0 saturated carbocycles. The summed E-state index contributed by atoms with van der Waals surface area (Å²) in [5, 5.41) is 9.50. The summed E-state index contributed by atoms with van der Waals surface area (Å²) in [5.74, 6) is 0.888. The van der Waals surface area contributed by atoms with Crippen molar-refractivity contribution in [1.82, 2.24) is 10.6 Å². The molecule has 0 spiro atoms. The van der Waals surface area contributed by atoms with Crippen molar-refractivity contribution in [2.24, 2.45) is 0 Å². The van der Waals surface area contributed by atoms with E-state index in [2.05, 4.69) is 16.0 Å². The smallest absolute Gasteiger partial charge is 0.407 e. The highest BCUT2D eigenvalue weighted by molar-refractivity contribution is 6.31. The maximum atomic E-state index is 13.4. The summed E-state index contributed by atoms with van der Waals surface area (Å²) in [4.78, 5) is 25.5. The van der Waals surface area contributed by atoms with E-state index in [-0.39, 0.29) is 19.1 Å². The topological polar surface area (TPSA) is 88.7 Å². The first-order chi connectivity index (χ1) is 16.3. The zero-order valence-electron chi connectivity index (χ0n) is 18.9. The molecule has 1 unspecified atom stereocenters. The molecule has 7 nitrogen and oxygen atoms in total. The van der Waals surface area contributed by atoms with Crippen molar-refractivity contribution in [3.63, 3.8) is 0 Å². The average Bonchev–Trinajstić information content (AvgIpc) is 2.98. The fraction of sp³-hybridized carbons (Fsp3) is 0.231. The number of para-hydroxylation sites is 1. The number of hydrogen-bond acceptors (Lipinski definition) is 5. The van der Waals surface area contributed by atoms with Crippen LogP contribution in [0.3, 0.4) is 0 Å². The van der Waals surface area contributed by atoms with E-state index in [4.69, 9.17) is 21.1 Å². The van der Waals surface area contributed by atoms with E-state index in [1.165, 1.54) is 0 Å². The molecule has 4 rings (SSSR count). The molecule has 3 aromatic carbocycles. The molecule has 1 atom stereocenters. The van der Waals surface area contributed by atoms with Gasteiger partial charge in [-0.15, -0.1) is 0 Å². The van der Waals surface area contributed by atoms with Crippen LogP contribution in [0.15, 0.2) is 72.8 Å². The Kier molecular flexibility index (Phi) is 6.93. The second-order valence-corrected chi connectivity index (χ2v) is 9.08. The lowest BCUT2D eigenvalue weighted by Crippen LogP contribution is -2.53. The molecule has 1 aliphatic heterocycles. The number of ether oxygens (including phenoxy) is 2. The van der Waals surface area contributed by atoms with Crippen molar-refractivity contribution >= 4 is 29.3 Å². The number of fused-ring (bicyclic) bond motifs is 2. The summed E-state index contributed by atoms with van der Waals surface area (Å²) in [5.41, 5.74) is 1.46. The largest absolute Gasteiger partial charge is 0.455 e. The number of rotatable bonds is 6. The molecule has 0 bridgehead atoms. The van der Waals surface area contributed by atoms with E-state index in [1.54, 1.807) is 18.2 Å². The minimum absolute atomic E-state index is 0.171. The van der Waals surface area contributed by atoms with Gasteiger partial charge in [0.25, 0.3) is 0 Å². The van der Waals surface area contributed by atoms with Crippen molar-refractivity contribution in [2.75, 3.05) is 11.9 Å². The van der Waals surface area contributed by atoms with Gasteiger partial charge in [0.1, 0.15) is 18.4 Å². The Morgan fingerprint density at radius 1 is 1.03 bits per heavy atom. The van der Waals surface area contributed by atoms with Crippen LogP contribution in [0.1, 0.15) is 31.0 Å². The van der Waals surface area contributed by atoms with Gasteiger partial charge in [-0.1, -0.05) is 60.1 Å². The molecule has 0 radical (unpaired) electrons. The highest BCUT2D eigenvalue weighted by atomic mass is 35.5. The number of carbonyl (C=O) groups excluding carboxylic acids is 2. The summed E-state index contributed by atoms with van der Waals surface area (Å²) >= 11 is 6.16. The Morgan fingerprint density at radius 2 is 1.76 bits per heavy atom. The lowest BCUT2D eigenvalue weighted by Gasteiger charge is -2.29. The molecule has 34 heavy (non-hydrogen) atoms. The number of hydrogen-bond donors (Lipinski definition) is 3. The van der Waals surface area contributed by atoms with Gasteiger partial charge in [0, 0.05) is 17.1 Å². The third kappa shape index (κ3) is 5.80. The highest BCUT2D eigenvalue weighted by Crippen LogP contribution is 2.41. The Labute approximate surface area is 203 Å². The maximum absolute atomic E-state index is 13.4. The average molecular weight is 480 g/mol. The van der Waals surface area contributed by atoms with Crippen LogP contribution in [-0.4, -0.2) is 24.1 Å². The zero-order chi connectivity index (χ0) is 24.1. The van der Waals surface area contributed by atoms with Crippen LogP contribution in [0, 0.1) is 0 Å². The van der Waals surface area contributed by atoms with Crippen molar-refractivity contribution in [2.45, 2.75) is 32.0 Å². The molecule has 1 heterocycles. The molecule has 1 aliphatic rings. The van der Waals surface area contributed by atoms with Gasteiger partial charge in [-0.25, -0.2) is 4.79 Å². The van der Waals surface area contributed by atoms with E-state index in [0.29, 0.717) is 27.8 Å². The Hall–Kier alpha value is -3.71. The quantitative estimate of drug-likeness (QED) is 0.439. The molecule has 2 amide bonds. The summed E-state index contributed by atoms with van der Waals surface area (Å²) in [6, 6.07) is 21.3. The van der Waals surface area contributed by atoms with Gasteiger partial charge in [-0.05, 0) is 43.7 Å². The zero-order valence-corrected chi connectivity index (χ0v) is 19.7. The van der Waals surface area contributed by atoms with Gasteiger partial charge in [0.15, 0.2) is 5.75 Å². The highest BCUT2D eigenvalue weighted by Gasteiger charge is 2.32. The number of benzene rings is 3. The maximum Gasteiger partial charge on any atom is 0.407 e. The summed E-state index contributed by atoms with van der Waals surface area (Å²) in [6.07, 6.45) is -0.555. The molecular weight excluding hydrogens is 454 g/mol. The SMILES string of the molecule is CC(C)(CNC(=O)OCc1ccccc1)NC(=O)C1Nc2cc(Cl)ccc2Oc2ccccc21. The molecule has 0 fully saturated rings. The van der Waals surface area contributed by atoms with Crippen LogP contribution < -0.4 is 20.7 Å².